The Balaban J connectivity index is 0.00000112. The number of fused-ring (bicyclic) bond motifs is 1. The molecule has 0 aliphatic carbocycles. The Hall–Kier alpha value is -0.1000. The molecule has 0 fully saturated rings. The molecular formula is C10H6Na2O4. The van der Waals surface area contributed by atoms with Gasteiger partial charge in [-0.2, -0.15) is 0 Å². The minimum absolute atomic E-state index is 0. The fraction of sp³-hybridized carbons (Fsp3) is 0. The summed E-state index contributed by atoms with van der Waals surface area (Å²) in [5.74, 6) is -1.58. The van der Waals surface area contributed by atoms with Crippen molar-refractivity contribution in [3.63, 3.8) is 0 Å². The molecule has 2 radical (unpaired) electrons. The van der Waals surface area contributed by atoms with Crippen molar-refractivity contribution in [2.24, 2.45) is 0 Å². The number of rotatable bonds is 1. The van der Waals surface area contributed by atoms with Crippen LogP contribution in [0, 0.1) is 0 Å². The molecule has 1 aromatic carbocycles. The molecule has 6 heteroatoms. The number of carbonyl (C=O) groups is 1. The molecule has 72 valence electrons. The van der Waals surface area contributed by atoms with Crippen LogP contribution in [0.5, 0.6) is 0 Å². The molecule has 1 aromatic heterocycles. The Morgan fingerprint density at radius 3 is 2.44 bits per heavy atom. The van der Waals surface area contributed by atoms with Crippen LogP contribution < -0.4 is 5.43 Å². The number of carboxylic acid groups (broad SMARTS) is 1. The molecule has 0 atom stereocenters. The smallest absolute Gasteiger partial charge is 0.371 e. The molecule has 0 bridgehead atoms. The Morgan fingerprint density at radius 2 is 1.81 bits per heavy atom. The third-order valence-electron chi connectivity index (χ3n) is 1.85. The normalized spacial score (nSPS) is 9.00. The summed E-state index contributed by atoms with van der Waals surface area (Å²) in [6.07, 6.45) is 0. The van der Waals surface area contributed by atoms with E-state index in [2.05, 4.69) is 0 Å². The second kappa shape index (κ2) is 6.59. The topological polar surface area (TPSA) is 67.5 Å². The van der Waals surface area contributed by atoms with Gasteiger partial charge >= 0.3 is 5.97 Å². The van der Waals surface area contributed by atoms with E-state index in [1.54, 1.807) is 24.3 Å². The van der Waals surface area contributed by atoms with Gasteiger partial charge in [-0.05, 0) is 12.1 Å². The van der Waals surface area contributed by atoms with E-state index in [0.29, 0.717) is 5.39 Å². The van der Waals surface area contributed by atoms with Gasteiger partial charge in [0.15, 0.2) is 5.43 Å². The first kappa shape index (κ1) is 15.9. The molecule has 4 nitrogen and oxygen atoms in total. The Bertz CT molecular complexity index is 562. The zero-order valence-corrected chi connectivity index (χ0v) is 13.1. The van der Waals surface area contributed by atoms with Crippen LogP contribution in [-0.2, 0) is 0 Å². The van der Waals surface area contributed by atoms with Crippen LogP contribution in [-0.4, -0.2) is 70.2 Å². The van der Waals surface area contributed by atoms with Gasteiger partial charge < -0.3 is 9.52 Å². The van der Waals surface area contributed by atoms with Gasteiger partial charge in [0.25, 0.3) is 0 Å². The van der Waals surface area contributed by atoms with Crippen molar-refractivity contribution in [3.05, 3.63) is 46.3 Å². The van der Waals surface area contributed by atoms with E-state index in [1.165, 1.54) is 0 Å². The van der Waals surface area contributed by atoms with Crippen molar-refractivity contribution in [1.29, 1.82) is 0 Å². The third kappa shape index (κ3) is 3.20. The molecule has 0 saturated heterocycles. The Labute approximate surface area is 135 Å². The van der Waals surface area contributed by atoms with Crippen LogP contribution in [0.15, 0.2) is 39.5 Å². The van der Waals surface area contributed by atoms with E-state index in [-0.39, 0.29) is 75.9 Å². The summed E-state index contributed by atoms with van der Waals surface area (Å²) in [4.78, 5) is 21.9. The first-order valence-electron chi connectivity index (χ1n) is 3.94. The van der Waals surface area contributed by atoms with Crippen molar-refractivity contribution in [1.82, 2.24) is 0 Å². The van der Waals surface area contributed by atoms with Gasteiger partial charge in [0.1, 0.15) is 5.58 Å². The molecule has 16 heavy (non-hydrogen) atoms. The second-order valence-corrected chi connectivity index (χ2v) is 2.78. The number of aromatic carboxylic acids is 1. The van der Waals surface area contributed by atoms with Crippen molar-refractivity contribution in [2.45, 2.75) is 0 Å². The molecule has 2 aromatic rings. The summed E-state index contributed by atoms with van der Waals surface area (Å²) < 4.78 is 5.00. The van der Waals surface area contributed by atoms with Crippen molar-refractivity contribution < 1.29 is 14.3 Å². The molecule has 1 N–H and O–H groups in total. The molecule has 1 heterocycles. The average molecular weight is 236 g/mol. The van der Waals surface area contributed by atoms with E-state index in [1.807, 2.05) is 0 Å². The van der Waals surface area contributed by atoms with Gasteiger partial charge in [-0.15, -0.1) is 0 Å². The predicted octanol–water partition coefficient (Wildman–Crippen LogP) is 0.730. The number of para-hydroxylation sites is 1. The fourth-order valence-electron chi connectivity index (χ4n) is 1.21. The number of hydrogen-bond donors (Lipinski definition) is 1. The van der Waals surface area contributed by atoms with E-state index in [4.69, 9.17) is 9.52 Å². The molecule has 0 saturated carbocycles. The molecule has 0 amide bonds. The van der Waals surface area contributed by atoms with Gasteiger partial charge in [0, 0.05) is 65.2 Å². The SMILES string of the molecule is O=C(O)c1cc(=O)c2ccccc2o1.[Na].[Na]. The van der Waals surface area contributed by atoms with Crippen LogP contribution in [0.25, 0.3) is 11.0 Å². The van der Waals surface area contributed by atoms with Gasteiger partial charge in [0.05, 0.1) is 5.39 Å². The van der Waals surface area contributed by atoms with Crippen LogP contribution in [0.2, 0.25) is 0 Å². The van der Waals surface area contributed by atoms with E-state index in [0.717, 1.165) is 6.07 Å². The largest absolute Gasteiger partial charge is 0.475 e. The van der Waals surface area contributed by atoms with Crippen LogP contribution >= 0.6 is 0 Å². The van der Waals surface area contributed by atoms with Crippen LogP contribution in [0.1, 0.15) is 10.6 Å². The molecule has 0 aliphatic rings. The Kier molecular flexibility index (Phi) is 6.55. The first-order chi connectivity index (χ1) is 6.68. The molecule has 0 aliphatic heterocycles. The van der Waals surface area contributed by atoms with Crippen molar-refractivity contribution in [2.75, 3.05) is 0 Å². The maximum absolute atomic E-state index is 11.4. The van der Waals surface area contributed by atoms with E-state index >= 15 is 0 Å². The Morgan fingerprint density at radius 1 is 1.19 bits per heavy atom. The van der Waals surface area contributed by atoms with E-state index in [9.17, 15) is 9.59 Å². The number of hydrogen-bond acceptors (Lipinski definition) is 3. The summed E-state index contributed by atoms with van der Waals surface area (Å²) in [7, 11) is 0. The zero-order valence-electron chi connectivity index (χ0n) is 9.06. The maximum atomic E-state index is 11.4. The quantitative estimate of drug-likeness (QED) is 0.741. The zero-order chi connectivity index (χ0) is 10.1. The maximum Gasteiger partial charge on any atom is 0.371 e. The molecule has 0 spiro atoms. The number of benzene rings is 1. The van der Waals surface area contributed by atoms with Gasteiger partial charge in [-0.3, -0.25) is 4.79 Å². The third-order valence-corrected chi connectivity index (χ3v) is 1.85. The summed E-state index contributed by atoms with van der Waals surface area (Å²) in [6.45, 7) is 0. The summed E-state index contributed by atoms with van der Waals surface area (Å²) in [6, 6.07) is 7.50. The molecule has 0 unspecified atom stereocenters. The minimum Gasteiger partial charge on any atom is -0.475 e. The summed E-state index contributed by atoms with van der Waals surface area (Å²) in [5, 5.41) is 9.02. The molecular weight excluding hydrogens is 230 g/mol. The van der Waals surface area contributed by atoms with Crippen LogP contribution in [0.3, 0.4) is 0 Å². The monoisotopic (exact) mass is 236 g/mol. The molecule has 2 rings (SSSR count). The van der Waals surface area contributed by atoms with Crippen molar-refractivity contribution >= 4 is 76.1 Å². The first-order valence-corrected chi connectivity index (χ1v) is 3.94. The minimum atomic E-state index is -1.24. The summed E-state index contributed by atoms with van der Waals surface area (Å²) >= 11 is 0. The summed E-state index contributed by atoms with van der Waals surface area (Å²) in [5.41, 5.74) is -0.0540. The predicted molar refractivity (Wildman–Crippen MR) is 61.0 cm³/mol. The number of carboxylic acids is 1. The van der Waals surface area contributed by atoms with Gasteiger partial charge in [-0.25, -0.2) is 4.79 Å². The van der Waals surface area contributed by atoms with Gasteiger partial charge in [-0.1, -0.05) is 12.1 Å². The van der Waals surface area contributed by atoms with Crippen LogP contribution in [0.4, 0.5) is 0 Å². The fourth-order valence-corrected chi connectivity index (χ4v) is 1.21. The second-order valence-electron chi connectivity index (χ2n) is 2.78. The average Bonchev–Trinajstić information content (AvgIpc) is 2.17. The van der Waals surface area contributed by atoms with Gasteiger partial charge in [0.2, 0.25) is 5.76 Å². The van der Waals surface area contributed by atoms with Crippen molar-refractivity contribution in [3.8, 4) is 0 Å². The standard InChI is InChI=1S/C10H6O4.2Na/c11-7-5-9(10(12)13)14-8-4-2-1-3-6(7)8;;/h1-5H,(H,12,13);;. The van der Waals surface area contributed by atoms with E-state index < -0.39 is 5.97 Å².